The Morgan fingerprint density at radius 3 is 2.58 bits per heavy atom. The van der Waals surface area contributed by atoms with Crippen LogP contribution in [0.3, 0.4) is 0 Å². The number of carboxylic acids is 1. The highest BCUT2D eigenvalue weighted by Gasteiger charge is 2.38. The number of benzene rings is 1. The summed E-state index contributed by atoms with van der Waals surface area (Å²) in [7, 11) is 0. The quantitative estimate of drug-likeness (QED) is 0.622. The molecule has 1 amide bonds. The molecule has 1 unspecified atom stereocenters. The topological polar surface area (TPSA) is 86.3 Å². The minimum absolute atomic E-state index is 0.197. The summed E-state index contributed by atoms with van der Waals surface area (Å²) in [6.07, 6.45) is -0.409. The molecule has 0 fully saturated rings. The monoisotopic (exact) mass is 451 g/mol. The van der Waals surface area contributed by atoms with Gasteiger partial charge in [0.25, 0.3) is 0 Å². The highest BCUT2D eigenvalue weighted by atomic mass is 32.1. The molecule has 0 saturated carbocycles. The fourth-order valence-electron chi connectivity index (χ4n) is 3.35. The Balaban J connectivity index is 0.000000339. The van der Waals surface area contributed by atoms with E-state index in [1.165, 1.54) is 16.0 Å². The summed E-state index contributed by atoms with van der Waals surface area (Å²) in [6.45, 7) is 1.46. The summed E-state index contributed by atoms with van der Waals surface area (Å²) in [5.74, 6) is -1.41. The number of carbonyl (C=O) groups excluding carboxylic acids is 1. The number of nitrogens with zero attached hydrogens (tertiary/aromatic N) is 2. The molecule has 1 aliphatic rings. The number of fused-ring (bicyclic) bond motifs is 1. The zero-order valence-corrected chi connectivity index (χ0v) is 17.1. The lowest BCUT2D eigenvalue weighted by Crippen LogP contribution is -2.38. The lowest BCUT2D eigenvalue weighted by atomic mass is 9.88. The Labute approximate surface area is 180 Å². The molecule has 3 aromatic rings. The van der Waals surface area contributed by atoms with Gasteiger partial charge in [-0.3, -0.25) is 4.79 Å². The maximum atomic E-state index is 12.7. The summed E-state index contributed by atoms with van der Waals surface area (Å²) in [5.41, 5.74) is 2.61. The van der Waals surface area contributed by atoms with E-state index in [1.54, 1.807) is 23.7 Å². The van der Waals surface area contributed by atoms with E-state index >= 15 is 0 Å². The van der Waals surface area contributed by atoms with Crippen molar-refractivity contribution in [1.82, 2.24) is 14.9 Å². The average Bonchev–Trinajstić information content (AvgIpc) is 3.45. The van der Waals surface area contributed by atoms with Gasteiger partial charge in [0.05, 0.1) is 0 Å². The molecule has 0 radical (unpaired) electrons. The lowest BCUT2D eigenvalue weighted by molar-refractivity contribution is -0.192. The minimum atomic E-state index is -5.08. The number of imidazole rings is 1. The SMILES string of the molecule is O=C(CCc1ncc[nH]1)N1Cc2ccccc2C(c2cccs2)C1.O=C(O)C(F)(F)F. The molecule has 31 heavy (non-hydrogen) atoms. The molecule has 0 saturated heterocycles. The Morgan fingerprint density at radius 1 is 1.23 bits per heavy atom. The molecule has 2 N–H and O–H groups in total. The van der Waals surface area contributed by atoms with Crippen molar-refractivity contribution in [1.29, 1.82) is 0 Å². The number of thiophene rings is 1. The summed E-state index contributed by atoms with van der Waals surface area (Å²) >= 11 is 1.77. The summed E-state index contributed by atoms with van der Waals surface area (Å²) < 4.78 is 31.7. The van der Waals surface area contributed by atoms with E-state index in [-0.39, 0.29) is 11.8 Å². The third-order valence-electron chi connectivity index (χ3n) is 4.81. The van der Waals surface area contributed by atoms with E-state index in [9.17, 15) is 18.0 Å². The number of carboxylic acid groups (broad SMARTS) is 1. The molecular weight excluding hydrogens is 431 g/mol. The number of amides is 1. The molecular formula is C21H20F3N3O3S. The van der Waals surface area contributed by atoms with E-state index in [0.29, 0.717) is 19.4 Å². The zero-order chi connectivity index (χ0) is 22.4. The van der Waals surface area contributed by atoms with E-state index in [4.69, 9.17) is 9.90 Å². The summed E-state index contributed by atoms with van der Waals surface area (Å²) in [5, 5.41) is 9.23. The lowest BCUT2D eigenvalue weighted by Gasteiger charge is -2.34. The first-order valence-corrected chi connectivity index (χ1v) is 10.3. The smallest absolute Gasteiger partial charge is 0.475 e. The van der Waals surface area contributed by atoms with Crippen LogP contribution in [0.4, 0.5) is 13.2 Å². The van der Waals surface area contributed by atoms with Crippen molar-refractivity contribution in [2.24, 2.45) is 0 Å². The second-order valence-corrected chi connectivity index (χ2v) is 7.86. The Morgan fingerprint density at radius 2 is 1.97 bits per heavy atom. The number of rotatable bonds is 4. The van der Waals surface area contributed by atoms with Crippen LogP contribution in [0.15, 0.2) is 54.2 Å². The van der Waals surface area contributed by atoms with E-state index < -0.39 is 12.1 Å². The van der Waals surface area contributed by atoms with Crippen molar-refractivity contribution in [3.05, 3.63) is 76.0 Å². The van der Waals surface area contributed by atoms with Crippen LogP contribution in [-0.2, 0) is 22.6 Å². The number of aliphatic carboxylic acids is 1. The molecule has 1 aromatic carbocycles. The second-order valence-electron chi connectivity index (χ2n) is 6.88. The number of alkyl halides is 3. The van der Waals surface area contributed by atoms with Crippen LogP contribution in [-0.4, -0.2) is 44.6 Å². The van der Waals surface area contributed by atoms with Gasteiger partial charge in [-0.2, -0.15) is 13.2 Å². The maximum Gasteiger partial charge on any atom is 0.490 e. The van der Waals surface area contributed by atoms with Gasteiger partial charge in [0.2, 0.25) is 5.91 Å². The molecule has 0 bridgehead atoms. The van der Waals surface area contributed by atoms with Crippen LogP contribution in [0.1, 0.15) is 34.2 Å². The molecule has 6 nitrogen and oxygen atoms in total. The van der Waals surface area contributed by atoms with Crippen molar-refractivity contribution in [2.45, 2.75) is 31.5 Å². The van der Waals surface area contributed by atoms with Gasteiger partial charge in [0, 0.05) is 49.1 Å². The number of carbonyl (C=O) groups is 2. The molecule has 10 heteroatoms. The molecule has 3 heterocycles. The number of halogens is 3. The van der Waals surface area contributed by atoms with Gasteiger partial charge in [0.1, 0.15) is 5.82 Å². The number of hydrogen-bond donors (Lipinski definition) is 2. The van der Waals surface area contributed by atoms with E-state index in [1.807, 2.05) is 4.90 Å². The summed E-state index contributed by atoms with van der Waals surface area (Å²) in [6, 6.07) is 12.7. The van der Waals surface area contributed by atoms with Gasteiger partial charge in [0.15, 0.2) is 0 Å². The molecule has 1 aliphatic heterocycles. The largest absolute Gasteiger partial charge is 0.490 e. The van der Waals surface area contributed by atoms with Crippen LogP contribution >= 0.6 is 11.3 Å². The highest BCUT2D eigenvalue weighted by molar-refractivity contribution is 7.10. The number of H-pyrrole nitrogens is 1. The van der Waals surface area contributed by atoms with Crippen LogP contribution in [0.25, 0.3) is 0 Å². The van der Waals surface area contributed by atoms with Gasteiger partial charge < -0.3 is 15.0 Å². The average molecular weight is 451 g/mol. The molecule has 1 atom stereocenters. The minimum Gasteiger partial charge on any atom is -0.475 e. The first-order valence-electron chi connectivity index (χ1n) is 9.43. The number of hydrogen-bond acceptors (Lipinski definition) is 4. The zero-order valence-electron chi connectivity index (χ0n) is 16.3. The molecule has 4 rings (SSSR count). The fourth-order valence-corrected chi connectivity index (χ4v) is 4.19. The van der Waals surface area contributed by atoms with Gasteiger partial charge in [-0.15, -0.1) is 11.3 Å². The van der Waals surface area contributed by atoms with Crippen molar-refractivity contribution in [3.8, 4) is 0 Å². The van der Waals surface area contributed by atoms with Gasteiger partial charge in [-0.25, -0.2) is 9.78 Å². The van der Waals surface area contributed by atoms with E-state index in [2.05, 4.69) is 51.7 Å². The Bertz CT molecular complexity index is 1000. The molecule has 0 spiro atoms. The third-order valence-corrected chi connectivity index (χ3v) is 5.79. The van der Waals surface area contributed by atoms with Crippen molar-refractivity contribution >= 4 is 23.2 Å². The van der Waals surface area contributed by atoms with Crippen molar-refractivity contribution in [3.63, 3.8) is 0 Å². The Kier molecular flexibility index (Phi) is 7.11. The van der Waals surface area contributed by atoms with Crippen molar-refractivity contribution in [2.75, 3.05) is 6.54 Å². The first kappa shape index (κ1) is 22.5. The first-order chi connectivity index (χ1) is 14.8. The normalized spacial score (nSPS) is 15.6. The predicted octanol–water partition coefficient (Wildman–Crippen LogP) is 4.21. The highest BCUT2D eigenvalue weighted by Crippen LogP contribution is 2.35. The van der Waals surface area contributed by atoms with Crippen molar-refractivity contribution < 1.29 is 27.9 Å². The number of aromatic nitrogens is 2. The van der Waals surface area contributed by atoms with Gasteiger partial charge in [-0.1, -0.05) is 30.3 Å². The predicted molar refractivity (Wildman–Crippen MR) is 109 cm³/mol. The number of aromatic amines is 1. The number of nitrogens with one attached hydrogen (secondary N) is 1. The van der Waals surface area contributed by atoms with Crippen LogP contribution < -0.4 is 0 Å². The van der Waals surface area contributed by atoms with Crippen LogP contribution in [0.5, 0.6) is 0 Å². The number of aryl methyl sites for hydroxylation is 1. The fraction of sp³-hybridized carbons (Fsp3) is 0.286. The summed E-state index contributed by atoms with van der Waals surface area (Å²) in [4.78, 5) is 32.2. The standard InChI is InChI=1S/C19H19N3OS.C2HF3O2/c23-19(8-7-18-20-9-10-21-18)22-12-14-4-1-2-5-15(14)16(13-22)17-6-3-11-24-17;3-2(4,5)1(6)7/h1-6,9-11,16H,7-8,12-13H2,(H,20,21);(H,6,7). The third kappa shape index (κ3) is 5.94. The molecule has 2 aromatic heterocycles. The van der Waals surface area contributed by atoms with Crippen LogP contribution in [0.2, 0.25) is 0 Å². The van der Waals surface area contributed by atoms with Gasteiger partial charge >= 0.3 is 12.1 Å². The van der Waals surface area contributed by atoms with E-state index in [0.717, 1.165) is 12.4 Å². The maximum absolute atomic E-state index is 12.7. The Hall–Kier alpha value is -3.14. The van der Waals surface area contributed by atoms with Crippen LogP contribution in [0, 0.1) is 0 Å². The van der Waals surface area contributed by atoms with Gasteiger partial charge in [-0.05, 0) is 22.6 Å². The molecule has 164 valence electrons. The second kappa shape index (κ2) is 9.78. The molecule has 0 aliphatic carbocycles.